The van der Waals surface area contributed by atoms with E-state index in [2.05, 4.69) is 5.32 Å². The number of nitrogens with one attached hydrogen (secondary N) is 1. The molecule has 3 atom stereocenters. The smallest absolute Gasteiger partial charge is 0.245 e. The van der Waals surface area contributed by atoms with Crippen LogP contribution in [0.3, 0.4) is 0 Å². The van der Waals surface area contributed by atoms with Crippen LogP contribution in [0.5, 0.6) is 0 Å². The molecule has 0 bridgehead atoms. The van der Waals surface area contributed by atoms with Gasteiger partial charge in [-0.05, 0) is 25.0 Å². The lowest BCUT2D eigenvalue weighted by Crippen LogP contribution is -2.81. The average Bonchev–Trinajstić information content (AvgIpc) is 2.45. The topological polar surface area (TPSA) is 64.3 Å². The Labute approximate surface area is 128 Å². The third-order valence-corrected chi connectivity index (χ3v) is 5.18. The van der Waals surface area contributed by atoms with E-state index >= 15 is 0 Å². The van der Waals surface area contributed by atoms with Gasteiger partial charge in [0.1, 0.15) is 17.2 Å². The number of anilines is 1. The van der Waals surface area contributed by atoms with E-state index in [1.807, 2.05) is 13.8 Å². The molecule has 1 aromatic rings. The molecular weight excluding hydrogens is 290 g/mol. The first-order valence-electron chi connectivity index (χ1n) is 7.45. The van der Waals surface area contributed by atoms with E-state index in [1.165, 1.54) is 0 Å². The summed E-state index contributed by atoms with van der Waals surface area (Å²) in [5.74, 6) is -1.98. The Bertz CT molecular complexity index is 600. The maximum atomic E-state index is 13.2. The number of fused-ring (bicyclic) bond motifs is 1. The van der Waals surface area contributed by atoms with Gasteiger partial charge in [-0.2, -0.15) is 0 Å². The van der Waals surface area contributed by atoms with Crippen LogP contribution in [0.15, 0.2) is 18.2 Å². The standard InChI is InChI=1S/C16H20F2N2O2/c1-15(2)13-12(4-3-5-22-13)16(15,19)14(21)20-11-7-9(17)6-10(18)8-11/h6-8,12-13H,3-5,19H2,1-2H3,(H,20,21). The second kappa shape index (κ2) is 4.99. The lowest BCUT2D eigenvalue weighted by atomic mass is 9.46. The van der Waals surface area contributed by atoms with Gasteiger partial charge < -0.3 is 15.8 Å². The molecule has 3 N–H and O–H groups in total. The van der Waals surface area contributed by atoms with Crippen LogP contribution in [0, 0.1) is 23.0 Å². The lowest BCUT2D eigenvalue weighted by molar-refractivity contribution is -0.222. The summed E-state index contributed by atoms with van der Waals surface area (Å²) in [6.07, 6.45) is 1.62. The van der Waals surface area contributed by atoms with Crippen LogP contribution in [0.1, 0.15) is 26.7 Å². The number of benzene rings is 1. The molecule has 0 radical (unpaired) electrons. The summed E-state index contributed by atoms with van der Waals surface area (Å²) in [4.78, 5) is 12.7. The fourth-order valence-corrected chi connectivity index (χ4v) is 3.90. The summed E-state index contributed by atoms with van der Waals surface area (Å²) < 4.78 is 32.2. The fourth-order valence-electron chi connectivity index (χ4n) is 3.90. The van der Waals surface area contributed by atoms with Gasteiger partial charge in [-0.25, -0.2) is 8.78 Å². The monoisotopic (exact) mass is 310 g/mol. The molecule has 0 spiro atoms. The van der Waals surface area contributed by atoms with E-state index < -0.39 is 28.5 Å². The highest BCUT2D eigenvalue weighted by Gasteiger charge is 2.70. The van der Waals surface area contributed by atoms with Gasteiger partial charge in [-0.3, -0.25) is 4.79 Å². The largest absolute Gasteiger partial charge is 0.377 e. The normalized spacial score (nSPS) is 32.8. The number of hydrogen-bond acceptors (Lipinski definition) is 3. The molecule has 1 aliphatic carbocycles. The van der Waals surface area contributed by atoms with Crippen molar-refractivity contribution in [2.75, 3.05) is 11.9 Å². The van der Waals surface area contributed by atoms with Crippen LogP contribution >= 0.6 is 0 Å². The SMILES string of the molecule is CC1(C)C2OCCCC2C1(N)C(=O)Nc1cc(F)cc(F)c1. The van der Waals surface area contributed by atoms with Crippen LogP contribution in [-0.4, -0.2) is 24.2 Å². The second-order valence-corrected chi connectivity index (χ2v) is 6.74. The Morgan fingerprint density at radius 3 is 2.59 bits per heavy atom. The quantitative estimate of drug-likeness (QED) is 0.882. The maximum absolute atomic E-state index is 13.2. The van der Waals surface area contributed by atoms with E-state index in [4.69, 9.17) is 10.5 Å². The van der Waals surface area contributed by atoms with Crippen molar-refractivity contribution in [2.45, 2.75) is 38.3 Å². The molecule has 2 aliphatic rings. The van der Waals surface area contributed by atoms with Gasteiger partial charge in [-0.15, -0.1) is 0 Å². The van der Waals surface area contributed by atoms with E-state index in [-0.39, 0.29) is 17.7 Å². The minimum absolute atomic E-state index is 0.0544. The number of hydrogen-bond donors (Lipinski definition) is 2. The van der Waals surface area contributed by atoms with Gasteiger partial charge in [0.15, 0.2) is 0 Å². The van der Waals surface area contributed by atoms with Crippen LogP contribution in [-0.2, 0) is 9.53 Å². The van der Waals surface area contributed by atoms with Crippen molar-refractivity contribution in [1.82, 2.24) is 0 Å². The van der Waals surface area contributed by atoms with Gasteiger partial charge >= 0.3 is 0 Å². The minimum atomic E-state index is -1.11. The maximum Gasteiger partial charge on any atom is 0.245 e. The first-order chi connectivity index (χ1) is 10.3. The third-order valence-electron chi connectivity index (χ3n) is 5.18. The van der Waals surface area contributed by atoms with Gasteiger partial charge in [-0.1, -0.05) is 13.8 Å². The highest BCUT2D eigenvalue weighted by atomic mass is 19.1. The number of ether oxygens (including phenoxy) is 1. The molecule has 1 aliphatic heterocycles. The van der Waals surface area contributed by atoms with Gasteiger partial charge in [0.25, 0.3) is 0 Å². The summed E-state index contributed by atoms with van der Waals surface area (Å²) in [6.45, 7) is 4.47. The van der Waals surface area contributed by atoms with Gasteiger partial charge in [0.2, 0.25) is 5.91 Å². The van der Waals surface area contributed by atoms with Crippen molar-refractivity contribution in [3.63, 3.8) is 0 Å². The van der Waals surface area contributed by atoms with Crippen molar-refractivity contribution in [3.05, 3.63) is 29.8 Å². The predicted octanol–water partition coefficient (Wildman–Crippen LogP) is 2.44. The Kier molecular flexibility index (Phi) is 3.49. The summed E-state index contributed by atoms with van der Waals surface area (Å²) >= 11 is 0. The zero-order valence-corrected chi connectivity index (χ0v) is 12.7. The Balaban J connectivity index is 1.84. The molecule has 120 valence electrons. The number of rotatable bonds is 2. The van der Waals surface area contributed by atoms with Crippen LogP contribution < -0.4 is 11.1 Å². The number of carbonyl (C=O) groups is 1. The highest BCUT2D eigenvalue weighted by molar-refractivity contribution is 6.00. The molecule has 3 rings (SSSR count). The summed E-state index contributed by atoms with van der Waals surface area (Å²) in [6, 6.07) is 2.90. The molecule has 0 aromatic heterocycles. The molecule has 1 saturated heterocycles. The van der Waals surface area contributed by atoms with Gasteiger partial charge in [0.05, 0.1) is 6.10 Å². The highest BCUT2D eigenvalue weighted by Crippen LogP contribution is 2.57. The Morgan fingerprint density at radius 2 is 1.95 bits per heavy atom. The van der Waals surface area contributed by atoms with E-state index in [0.717, 1.165) is 31.0 Å². The van der Waals surface area contributed by atoms with Crippen LogP contribution in [0.4, 0.5) is 14.5 Å². The zero-order valence-electron chi connectivity index (χ0n) is 12.7. The fraction of sp³-hybridized carbons (Fsp3) is 0.562. The van der Waals surface area contributed by atoms with Crippen LogP contribution in [0.2, 0.25) is 0 Å². The number of carbonyl (C=O) groups excluding carboxylic acids is 1. The number of halogens is 2. The first-order valence-corrected chi connectivity index (χ1v) is 7.45. The molecule has 1 heterocycles. The molecule has 1 aromatic carbocycles. The summed E-state index contributed by atoms with van der Waals surface area (Å²) in [7, 11) is 0. The molecule has 4 nitrogen and oxygen atoms in total. The van der Waals surface area contributed by atoms with Crippen molar-refractivity contribution in [3.8, 4) is 0 Å². The molecule has 1 saturated carbocycles. The second-order valence-electron chi connectivity index (χ2n) is 6.74. The number of amides is 1. The third kappa shape index (κ3) is 2.05. The first kappa shape index (κ1) is 15.4. The van der Waals surface area contributed by atoms with Crippen molar-refractivity contribution < 1.29 is 18.3 Å². The van der Waals surface area contributed by atoms with Crippen LogP contribution in [0.25, 0.3) is 0 Å². The van der Waals surface area contributed by atoms with Gasteiger partial charge in [0, 0.05) is 29.7 Å². The molecular formula is C16H20F2N2O2. The summed E-state index contributed by atoms with van der Waals surface area (Å²) in [5.41, 5.74) is 4.85. The van der Waals surface area contributed by atoms with E-state index in [9.17, 15) is 13.6 Å². The lowest BCUT2D eigenvalue weighted by Gasteiger charge is -2.65. The Morgan fingerprint density at radius 1 is 1.32 bits per heavy atom. The van der Waals surface area contributed by atoms with Crippen molar-refractivity contribution in [2.24, 2.45) is 17.1 Å². The van der Waals surface area contributed by atoms with E-state index in [1.54, 1.807) is 0 Å². The molecule has 1 amide bonds. The number of nitrogens with two attached hydrogens (primary N) is 1. The molecule has 22 heavy (non-hydrogen) atoms. The van der Waals surface area contributed by atoms with Crippen molar-refractivity contribution >= 4 is 11.6 Å². The summed E-state index contributed by atoms with van der Waals surface area (Å²) in [5, 5.41) is 2.56. The minimum Gasteiger partial charge on any atom is -0.377 e. The van der Waals surface area contributed by atoms with E-state index in [0.29, 0.717) is 6.61 Å². The van der Waals surface area contributed by atoms with Crippen molar-refractivity contribution in [1.29, 1.82) is 0 Å². The average molecular weight is 310 g/mol. The molecule has 6 heteroatoms. The Hall–Kier alpha value is -1.53. The molecule has 3 unspecified atom stereocenters. The molecule has 2 fully saturated rings. The predicted molar refractivity (Wildman–Crippen MR) is 78.2 cm³/mol. The zero-order chi connectivity index (χ0) is 16.1.